The summed E-state index contributed by atoms with van der Waals surface area (Å²) in [6, 6.07) is 2.91. The second-order valence-electron chi connectivity index (χ2n) is 4.09. The standard InChI is InChI=1S/C13H19ClFNO/c1-3-5-17-13-8-12(15)9(7-11(13)14)6-10(16)4-2/h7-8,10H,3-6,16H2,1-2H3. The maximum atomic E-state index is 13.8. The molecule has 0 bridgehead atoms. The quantitative estimate of drug-likeness (QED) is 0.848. The van der Waals surface area contributed by atoms with Crippen molar-refractivity contribution < 1.29 is 9.13 Å². The molecule has 0 aliphatic heterocycles. The lowest BCUT2D eigenvalue weighted by Crippen LogP contribution is -2.22. The summed E-state index contributed by atoms with van der Waals surface area (Å²) in [5.74, 6) is 0.101. The molecule has 17 heavy (non-hydrogen) atoms. The van der Waals surface area contributed by atoms with Gasteiger partial charge in [-0.2, -0.15) is 0 Å². The first-order valence-corrected chi connectivity index (χ1v) is 6.32. The number of nitrogens with two attached hydrogens (primary N) is 1. The lowest BCUT2D eigenvalue weighted by Gasteiger charge is -2.12. The third-order valence-corrected chi connectivity index (χ3v) is 2.86. The Kier molecular flexibility index (Phi) is 5.72. The van der Waals surface area contributed by atoms with Gasteiger partial charge in [-0.05, 0) is 30.9 Å². The van der Waals surface area contributed by atoms with E-state index in [2.05, 4.69) is 0 Å². The van der Waals surface area contributed by atoms with Gasteiger partial charge in [0.25, 0.3) is 0 Å². The summed E-state index contributed by atoms with van der Waals surface area (Å²) in [5, 5.41) is 0.443. The second-order valence-corrected chi connectivity index (χ2v) is 4.50. The topological polar surface area (TPSA) is 35.2 Å². The van der Waals surface area contributed by atoms with Gasteiger partial charge in [0.2, 0.25) is 0 Å². The van der Waals surface area contributed by atoms with Gasteiger partial charge in [0.15, 0.2) is 0 Å². The number of ether oxygens (including phenoxy) is 1. The molecule has 0 fully saturated rings. The number of hydrogen-bond acceptors (Lipinski definition) is 2. The van der Waals surface area contributed by atoms with Crippen LogP contribution in [0.15, 0.2) is 12.1 Å². The first-order chi connectivity index (χ1) is 8.08. The Bertz CT molecular complexity index is 371. The molecule has 0 radical (unpaired) electrons. The van der Waals surface area contributed by atoms with Gasteiger partial charge in [-0.1, -0.05) is 25.4 Å². The molecule has 1 atom stereocenters. The molecule has 0 spiro atoms. The smallest absolute Gasteiger partial charge is 0.140 e. The van der Waals surface area contributed by atoms with Crippen molar-refractivity contribution in [2.75, 3.05) is 6.61 Å². The molecule has 0 heterocycles. The average Bonchev–Trinajstić information content (AvgIpc) is 2.31. The maximum Gasteiger partial charge on any atom is 0.140 e. The fourth-order valence-electron chi connectivity index (χ4n) is 1.48. The van der Waals surface area contributed by atoms with Crippen LogP contribution in [0.25, 0.3) is 0 Å². The van der Waals surface area contributed by atoms with Crippen LogP contribution < -0.4 is 10.5 Å². The van der Waals surface area contributed by atoms with Gasteiger partial charge >= 0.3 is 0 Å². The zero-order valence-electron chi connectivity index (χ0n) is 10.3. The summed E-state index contributed by atoms with van der Waals surface area (Å²) in [7, 11) is 0. The second kappa shape index (κ2) is 6.82. The Morgan fingerprint density at radius 3 is 2.71 bits per heavy atom. The van der Waals surface area contributed by atoms with Crippen LogP contribution in [0.4, 0.5) is 4.39 Å². The molecule has 96 valence electrons. The van der Waals surface area contributed by atoms with Crippen LogP contribution in [0.1, 0.15) is 32.3 Å². The molecule has 0 aromatic heterocycles. The molecule has 2 N–H and O–H groups in total. The van der Waals surface area contributed by atoms with E-state index in [9.17, 15) is 4.39 Å². The van der Waals surface area contributed by atoms with Gasteiger partial charge in [-0.25, -0.2) is 4.39 Å². The molecule has 4 heteroatoms. The fraction of sp³-hybridized carbons (Fsp3) is 0.538. The number of halogens is 2. The van der Waals surface area contributed by atoms with Gasteiger partial charge < -0.3 is 10.5 Å². The third-order valence-electron chi connectivity index (χ3n) is 2.57. The van der Waals surface area contributed by atoms with E-state index in [1.165, 1.54) is 6.07 Å². The summed E-state index contributed by atoms with van der Waals surface area (Å²) < 4.78 is 19.1. The Morgan fingerprint density at radius 1 is 1.41 bits per heavy atom. The highest BCUT2D eigenvalue weighted by atomic mass is 35.5. The lowest BCUT2D eigenvalue weighted by atomic mass is 10.0. The van der Waals surface area contributed by atoms with Gasteiger partial charge in [-0.3, -0.25) is 0 Å². The molecule has 0 saturated heterocycles. The van der Waals surface area contributed by atoms with Crippen LogP contribution in [0.5, 0.6) is 5.75 Å². The summed E-state index contributed by atoms with van der Waals surface area (Å²) >= 11 is 6.03. The van der Waals surface area contributed by atoms with Crippen LogP contribution >= 0.6 is 11.6 Å². The number of benzene rings is 1. The molecular weight excluding hydrogens is 241 g/mol. The Balaban J connectivity index is 2.85. The Labute approximate surface area is 107 Å². The fourth-order valence-corrected chi connectivity index (χ4v) is 1.72. The van der Waals surface area contributed by atoms with Crippen LogP contribution in [-0.2, 0) is 6.42 Å². The Morgan fingerprint density at radius 2 is 2.12 bits per heavy atom. The molecule has 0 saturated carbocycles. The summed E-state index contributed by atoms with van der Waals surface area (Å²) in [6.45, 7) is 4.49. The van der Waals surface area contributed by atoms with Crippen molar-refractivity contribution >= 4 is 11.6 Å². The highest BCUT2D eigenvalue weighted by Crippen LogP contribution is 2.28. The zero-order chi connectivity index (χ0) is 12.8. The maximum absolute atomic E-state index is 13.8. The van der Waals surface area contributed by atoms with E-state index in [-0.39, 0.29) is 11.9 Å². The predicted octanol–water partition coefficient (Wildman–Crippen LogP) is 3.55. The average molecular weight is 260 g/mol. The van der Waals surface area contributed by atoms with Crippen molar-refractivity contribution in [3.63, 3.8) is 0 Å². The first kappa shape index (κ1) is 14.3. The minimum Gasteiger partial charge on any atom is -0.492 e. The summed E-state index contributed by atoms with van der Waals surface area (Å²) in [5.41, 5.74) is 6.35. The van der Waals surface area contributed by atoms with E-state index in [0.717, 1.165) is 12.8 Å². The van der Waals surface area contributed by atoms with Crippen LogP contribution in [0.2, 0.25) is 5.02 Å². The van der Waals surface area contributed by atoms with E-state index < -0.39 is 0 Å². The Hall–Kier alpha value is -0.800. The number of hydrogen-bond donors (Lipinski definition) is 1. The van der Waals surface area contributed by atoms with Crippen LogP contribution in [0.3, 0.4) is 0 Å². The minimum atomic E-state index is -0.301. The van der Waals surface area contributed by atoms with Crippen molar-refractivity contribution in [3.05, 3.63) is 28.5 Å². The molecular formula is C13H19ClFNO. The number of rotatable bonds is 6. The van der Waals surface area contributed by atoms with E-state index in [1.807, 2.05) is 13.8 Å². The van der Waals surface area contributed by atoms with Crippen molar-refractivity contribution in [3.8, 4) is 5.75 Å². The normalized spacial score (nSPS) is 12.5. The van der Waals surface area contributed by atoms with Gasteiger partial charge in [0, 0.05) is 12.1 Å². The van der Waals surface area contributed by atoms with Crippen molar-refractivity contribution in [1.29, 1.82) is 0 Å². The highest BCUT2D eigenvalue weighted by molar-refractivity contribution is 6.32. The van der Waals surface area contributed by atoms with Crippen LogP contribution in [-0.4, -0.2) is 12.6 Å². The largest absolute Gasteiger partial charge is 0.492 e. The summed E-state index contributed by atoms with van der Waals surface area (Å²) in [4.78, 5) is 0. The summed E-state index contributed by atoms with van der Waals surface area (Å²) in [6.07, 6.45) is 2.17. The van der Waals surface area contributed by atoms with E-state index in [4.69, 9.17) is 22.1 Å². The van der Waals surface area contributed by atoms with Gasteiger partial charge in [-0.15, -0.1) is 0 Å². The predicted molar refractivity (Wildman–Crippen MR) is 69.2 cm³/mol. The molecule has 1 unspecified atom stereocenters. The highest BCUT2D eigenvalue weighted by Gasteiger charge is 2.12. The van der Waals surface area contributed by atoms with Crippen molar-refractivity contribution in [2.24, 2.45) is 5.73 Å². The van der Waals surface area contributed by atoms with Crippen molar-refractivity contribution in [1.82, 2.24) is 0 Å². The van der Waals surface area contributed by atoms with Crippen molar-refractivity contribution in [2.45, 2.75) is 39.2 Å². The lowest BCUT2D eigenvalue weighted by molar-refractivity contribution is 0.315. The third kappa shape index (κ3) is 4.17. The van der Waals surface area contributed by atoms with Gasteiger partial charge in [0.05, 0.1) is 11.6 Å². The molecule has 1 aromatic carbocycles. The first-order valence-electron chi connectivity index (χ1n) is 5.94. The van der Waals surface area contributed by atoms with E-state index >= 15 is 0 Å². The SMILES string of the molecule is CCCOc1cc(F)c(CC(N)CC)cc1Cl. The zero-order valence-corrected chi connectivity index (χ0v) is 11.1. The molecule has 0 amide bonds. The monoisotopic (exact) mass is 259 g/mol. The molecule has 0 aliphatic carbocycles. The minimum absolute atomic E-state index is 0.0389. The van der Waals surface area contributed by atoms with Crippen LogP contribution in [0, 0.1) is 5.82 Å². The van der Waals surface area contributed by atoms with E-state index in [0.29, 0.717) is 29.4 Å². The molecule has 2 nitrogen and oxygen atoms in total. The molecule has 1 rings (SSSR count). The molecule has 0 aliphatic rings. The molecule has 1 aromatic rings. The van der Waals surface area contributed by atoms with E-state index in [1.54, 1.807) is 6.07 Å². The van der Waals surface area contributed by atoms with Gasteiger partial charge in [0.1, 0.15) is 11.6 Å².